The van der Waals surface area contributed by atoms with Crippen LogP contribution in [-0.2, 0) is 9.53 Å². The molecule has 1 aliphatic heterocycles. The van der Waals surface area contributed by atoms with Crippen LogP contribution in [0.2, 0.25) is 0 Å². The molecule has 0 saturated carbocycles. The predicted octanol–water partition coefficient (Wildman–Crippen LogP) is 1.83. The molecule has 1 fully saturated rings. The maximum atomic E-state index is 11.8. The van der Waals surface area contributed by atoms with Gasteiger partial charge < -0.3 is 15.8 Å². The molecule has 0 aromatic carbocycles. The van der Waals surface area contributed by atoms with E-state index in [4.69, 9.17) is 10.5 Å². The van der Waals surface area contributed by atoms with E-state index in [2.05, 4.69) is 19.2 Å². The average molecular weight is 256 g/mol. The van der Waals surface area contributed by atoms with Gasteiger partial charge in [0.15, 0.2) is 0 Å². The molecule has 1 aliphatic rings. The van der Waals surface area contributed by atoms with Crippen LogP contribution in [0.1, 0.15) is 52.4 Å². The summed E-state index contributed by atoms with van der Waals surface area (Å²) in [6.45, 7) is 5.67. The standard InChI is InChI=1S/C14H28N2O2/c1-3-11(4-2)13(15)10-16-14(17)9-12-7-5-6-8-18-12/h11-13H,3-10,15H2,1-2H3,(H,16,17). The van der Waals surface area contributed by atoms with Gasteiger partial charge in [-0.25, -0.2) is 0 Å². The van der Waals surface area contributed by atoms with Crippen LogP contribution in [0.25, 0.3) is 0 Å². The summed E-state index contributed by atoms with van der Waals surface area (Å²) in [4.78, 5) is 11.8. The predicted molar refractivity (Wildman–Crippen MR) is 73.3 cm³/mol. The van der Waals surface area contributed by atoms with Gasteiger partial charge in [-0.05, 0) is 25.2 Å². The van der Waals surface area contributed by atoms with Gasteiger partial charge in [-0.3, -0.25) is 4.79 Å². The number of nitrogens with one attached hydrogen (secondary N) is 1. The van der Waals surface area contributed by atoms with E-state index in [0.717, 1.165) is 32.3 Å². The molecule has 4 nitrogen and oxygen atoms in total. The third kappa shape index (κ3) is 5.36. The maximum Gasteiger partial charge on any atom is 0.222 e. The second-order valence-electron chi connectivity index (χ2n) is 5.24. The van der Waals surface area contributed by atoms with Crippen molar-refractivity contribution < 1.29 is 9.53 Å². The Hall–Kier alpha value is -0.610. The highest BCUT2D eigenvalue weighted by molar-refractivity contribution is 5.76. The summed E-state index contributed by atoms with van der Waals surface area (Å²) in [5, 5.41) is 2.93. The molecular formula is C14H28N2O2. The van der Waals surface area contributed by atoms with Gasteiger partial charge in [-0.2, -0.15) is 0 Å². The van der Waals surface area contributed by atoms with Crippen molar-refractivity contribution in [2.24, 2.45) is 11.7 Å². The van der Waals surface area contributed by atoms with Crippen molar-refractivity contribution in [3.05, 3.63) is 0 Å². The van der Waals surface area contributed by atoms with Gasteiger partial charge in [-0.15, -0.1) is 0 Å². The first-order valence-electron chi connectivity index (χ1n) is 7.31. The lowest BCUT2D eigenvalue weighted by Gasteiger charge is -2.24. The number of amides is 1. The number of carbonyl (C=O) groups is 1. The van der Waals surface area contributed by atoms with Gasteiger partial charge in [0, 0.05) is 19.2 Å². The zero-order valence-electron chi connectivity index (χ0n) is 11.8. The van der Waals surface area contributed by atoms with E-state index >= 15 is 0 Å². The molecule has 0 radical (unpaired) electrons. The van der Waals surface area contributed by atoms with Crippen LogP contribution >= 0.6 is 0 Å². The van der Waals surface area contributed by atoms with E-state index in [1.807, 2.05) is 0 Å². The SMILES string of the molecule is CCC(CC)C(N)CNC(=O)CC1CCCCO1. The monoisotopic (exact) mass is 256 g/mol. The fourth-order valence-corrected chi connectivity index (χ4v) is 2.54. The second kappa shape index (κ2) is 8.48. The number of rotatable bonds is 7. The van der Waals surface area contributed by atoms with E-state index < -0.39 is 0 Å². The third-order valence-electron chi connectivity index (χ3n) is 3.88. The summed E-state index contributed by atoms with van der Waals surface area (Å²) >= 11 is 0. The quantitative estimate of drug-likeness (QED) is 0.730. The van der Waals surface area contributed by atoms with Crippen LogP contribution in [0.15, 0.2) is 0 Å². The van der Waals surface area contributed by atoms with Crippen molar-refractivity contribution in [2.45, 2.75) is 64.5 Å². The van der Waals surface area contributed by atoms with Gasteiger partial charge in [-0.1, -0.05) is 26.7 Å². The summed E-state index contributed by atoms with van der Waals surface area (Å²) in [7, 11) is 0. The molecule has 0 aromatic heterocycles. The van der Waals surface area contributed by atoms with Crippen molar-refractivity contribution >= 4 is 5.91 Å². The van der Waals surface area contributed by atoms with Crippen molar-refractivity contribution in [1.82, 2.24) is 5.32 Å². The zero-order chi connectivity index (χ0) is 13.4. The highest BCUT2D eigenvalue weighted by Crippen LogP contribution is 2.15. The summed E-state index contributed by atoms with van der Waals surface area (Å²) in [5.41, 5.74) is 6.07. The van der Waals surface area contributed by atoms with E-state index in [9.17, 15) is 4.79 Å². The number of nitrogens with two attached hydrogens (primary N) is 1. The molecule has 1 heterocycles. The molecule has 18 heavy (non-hydrogen) atoms. The Labute approximate surface area is 111 Å². The van der Waals surface area contributed by atoms with Crippen molar-refractivity contribution in [2.75, 3.05) is 13.2 Å². The number of ether oxygens (including phenoxy) is 1. The summed E-state index contributed by atoms with van der Waals surface area (Å²) in [5.74, 6) is 0.569. The molecule has 106 valence electrons. The Morgan fingerprint density at radius 1 is 1.39 bits per heavy atom. The van der Waals surface area contributed by atoms with Crippen molar-refractivity contribution in [3.63, 3.8) is 0 Å². The van der Waals surface area contributed by atoms with Crippen LogP contribution in [0.4, 0.5) is 0 Å². The van der Waals surface area contributed by atoms with Gasteiger partial charge in [0.2, 0.25) is 5.91 Å². The smallest absolute Gasteiger partial charge is 0.222 e. The second-order valence-corrected chi connectivity index (χ2v) is 5.24. The van der Waals surface area contributed by atoms with Crippen LogP contribution < -0.4 is 11.1 Å². The van der Waals surface area contributed by atoms with Gasteiger partial charge in [0.05, 0.1) is 12.5 Å². The number of hydrogen-bond donors (Lipinski definition) is 2. The molecule has 4 heteroatoms. The fourth-order valence-electron chi connectivity index (χ4n) is 2.54. The highest BCUT2D eigenvalue weighted by Gasteiger charge is 2.19. The van der Waals surface area contributed by atoms with Crippen LogP contribution in [0, 0.1) is 5.92 Å². The van der Waals surface area contributed by atoms with Gasteiger partial charge in [0.25, 0.3) is 0 Å². The first kappa shape index (κ1) is 15.4. The lowest BCUT2D eigenvalue weighted by molar-refractivity contribution is -0.125. The topological polar surface area (TPSA) is 64.3 Å². The zero-order valence-corrected chi connectivity index (χ0v) is 11.8. The molecule has 1 rings (SSSR count). The summed E-state index contributed by atoms with van der Waals surface area (Å²) in [6, 6.07) is 0.0659. The first-order chi connectivity index (χ1) is 8.67. The lowest BCUT2D eigenvalue weighted by Crippen LogP contribution is -2.42. The van der Waals surface area contributed by atoms with Crippen LogP contribution in [0.5, 0.6) is 0 Å². The van der Waals surface area contributed by atoms with E-state index in [1.54, 1.807) is 0 Å². The largest absolute Gasteiger partial charge is 0.378 e. The van der Waals surface area contributed by atoms with E-state index in [0.29, 0.717) is 18.9 Å². The molecule has 3 N–H and O–H groups in total. The Balaban J connectivity index is 2.19. The molecule has 2 unspecified atom stereocenters. The Kier molecular flexibility index (Phi) is 7.28. The molecule has 0 bridgehead atoms. The maximum absolute atomic E-state index is 11.8. The fraction of sp³-hybridized carbons (Fsp3) is 0.929. The molecule has 1 amide bonds. The number of hydrogen-bond acceptors (Lipinski definition) is 3. The number of carbonyl (C=O) groups excluding carboxylic acids is 1. The Bertz CT molecular complexity index is 236. The minimum absolute atomic E-state index is 0.0659. The minimum Gasteiger partial charge on any atom is -0.378 e. The van der Waals surface area contributed by atoms with E-state index in [1.165, 1.54) is 6.42 Å². The van der Waals surface area contributed by atoms with Crippen LogP contribution in [-0.4, -0.2) is 31.2 Å². The molecule has 2 atom stereocenters. The van der Waals surface area contributed by atoms with Crippen molar-refractivity contribution in [3.8, 4) is 0 Å². The first-order valence-corrected chi connectivity index (χ1v) is 7.31. The normalized spacial score (nSPS) is 21.9. The summed E-state index contributed by atoms with van der Waals surface area (Å²) in [6.07, 6.45) is 6.03. The van der Waals surface area contributed by atoms with E-state index in [-0.39, 0.29) is 18.1 Å². The summed E-state index contributed by atoms with van der Waals surface area (Å²) < 4.78 is 5.55. The molecule has 0 spiro atoms. The molecule has 1 saturated heterocycles. The lowest BCUT2D eigenvalue weighted by atomic mass is 9.95. The van der Waals surface area contributed by atoms with Gasteiger partial charge >= 0.3 is 0 Å². The minimum atomic E-state index is 0.0659. The molecular weight excluding hydrogens is 228 g/mol. The highest BCUT2D eigenvalue weighted by atomic mass is 16.5. The molecule has 0 aliphatic carbocycles. The Morgan fingerprint density at radius 2 is 2.11 bits per heavy atom. The van der Waals surface area contributed by atoms with Gasteiger partial charge in [0.1, 0.15) is 0 Å². The average Bonchev–Trinajstić information content (AvgIpc) is 2.39. The Morgan fingerprint density at radius 3 is 2.67 bits per heavy atom. The molecule has 0 aromatic rings. The van der Waals surface area contributed by atoms with Crippen LogP contribution in [0.3, 0.4) is 0 Å². The van der Waals surface area contributed by atoms with Crippen molar-refractivity contribution in [1.29, 1.82) is 0 Å². The third-order valence-corrected chi connectivity index (χ3v) is 3.88.